The minimum absolute atomic E-state index is 0.375. The van der Waals surface area contributed by atoms with Crippen LogP contribution < -0.4 is 5.73 Å². The largest absolute Gasteiger partial charge is 0.330 e. The van der Waals surface area contributed by atoms with Gasteiger partial charge in [-0.2, -0.15) is 0 Å². The number of hydrogen-bond donors (Lipinski definition) is 1. The predicted octanol–water partition coefficient (Wildman–Crippen LogP) is 2.49. The van der Waals surface area contributed by atoms with Gasteiger partial charge in [-0.1, -0.05) is 23.4 Å². The average Bonchev–Trinajstić information content (AvgIpc) is 2.14. The molecule has 0 aromatic heterocycles. The van der Waals surface area contributed by atoms with Crippen LogP contribution in [-0.2, 0) is 0 Å². The summed E-state index contributed by atoms with van der Waals surface area (Å²) in [5.41, 5.74) is 6.47. The third kappa shape index (κ3) is 2.73. The fraction of sp³-hybridized carbons (Fsp3) is 0.273. The molecule has 3 heteroatoms. The number of benzene rings is 1. The molecule has 0 bridgehead atoms. The first-order valence-electron chi connectivity index (χ1n) is 4.29. The highest BCUT2D eigenvalue weighted by Crippen LogP contribution is 2.19. The summed E-state index contributed by atoms with van der Waals surface area (Å²) in [6, 6.07) is 2.92. The molecule has 1 aromatic carbocycles. The Kier molecular flexibility index (Phi) is 3.94. The fourth-order valence-electron chi connectivity index (χ4n) is 0.983. The lowest BCUT2D eigenvalue weighted by Gasteiger charge is -1.99. The van der Waals surface area contributed by atoms with Gasteiger partial charge in [0.1, 0.15) is 5.82 Å². The Bertz CT molecular complexity index is 390. The van der Waals surface area contributed by atoms with E-state index < -0.39 is 0 Å². The molecule has 0 fully saturated rings. The number of halogens is 2. The van der Waals surface area contributed by atoms with E-state index in [1.54, 1.807) is 6.07 Å². The number of aryl methyl sites for hydroxylation is 1. The molecule has 0 atom stereocenters. The summed E-state index contributed by atoms with van der Waals surface area (Å²) in [6.45, 7) is 2.30. The molecule has 0 aliphatic rings. The van der Waals surface area contributed by atoms with Crippen molar-refractivity contribution in [3.05, 3.63) is 34.1 Å². The normalized spacial score (nSPS) is 9.43. The maximum Gasteiger partial charge on any atom is 0.140 e. The number of nitrogens with two attached hydrogens (primary N) is 1. The van der Waals surface area contributed by atoms with Crippen LogP contribution in [0.2, 0.25) is 5.02 Å². The molecule has 0 amide bonds. The van der Waals surface area contributed by atoms with E-state index in [2.05, 4.69) is 11.8 Å². The SMILES string of the molecule is Cc1cc(C#CCCN)c(F)cc1Cl. The lowest BCUT2D eigenvalue weighted by molar-refractivity contribution is 0.624. The molecule has 0 aliphatic heterocycles. The van der Waals surface area contributed by atoms with Crippen LogP contribution in [0, 0.1) is 24.6 Å². The van der Waals surface area contributed by atoms with E-state index in [0.29, 0.717) is 23.6 Å². The van der Waals surface area contributed by atoms with Crippen LogP contribution in [0.25, 0.3) is 0 Å². The first-order valence-corrected chi connectivity index (χ1v) is 4.67. The summed E-state index contributed by atoms with van der Waals surface area (Å²) >= 11 is 5.74. The number of rotatable bonds is 1. The van der Waals surface area contributed by atoms with Crippen molar-refractivity contribution < 1.29 is 4.39 Å². The molecule has 0 saturated heterocycles. The molecule has 2 N–H and O–H groups in total. The summed E-state index contributed by atoms with van der Waals surface area (Å²) in [5, 5.41) is 0.423. The minimum atomic E-state index is -0.384. The average molecular weight is 212 g/mol. The Labute approximate surface area is 88.1 Å². The molecule has 14 heavy (non-hydrogen) atoms. The van der Waals surface area contributed by atoms with Gasteiger partial charge in [0.15, 0.2) is 0 Å². The van der Waals surface area contributed by atoms with Gasteiger partial charge < -0.3 is 5.73 Å². The molecule has 0 saturated carbocycles. The molecule has 74 valence electrons. The Morgan fingerprint density at radius 2 is 2.21 bits per heavy atom. The van der Waals surface area contributed by atoms with Crippen molar-refractivity contribution in [1.29, 1.82) is 0 Å². The maximum absolute atomic E-state index is 13.2. The van der Waals surface area contributed by atoms with Crippen LogP contribution in [0.5, 0.6) is 0 Å². The van der Waals surface area contributed by atoms with Crippen molar-refractivity contribution in [2.24, 2.45) is 5.73 Å². The van der Waals surface area contributed by atoms with Gasteiger partial charge in [0.05, 0.1) is 5.56 Å². The van der Waals surface area contributed by atoms with Crippen LogP contribution in [0.1, 0.15) is 17.5 Å². The van der Waals surface area contributed by atoms with Gasteiger partial charge in [0.25, 0.3) is 0 Å². The van der Waals surface area contributed by atoms with E-state index in [-0.39, 0.29) is 5.82 Å². The summed E-state index contributed by atoms with van der Waals surface area (Å²) in [6.07, 6.45) is 0.571. The Morgan fingerprint density at radius 3 is 2.86 bits per heavy atom. The monoisotopic (exact) mass is 211 g/mol. The zero-order chi connectivity index (χ0) is 10.6. The zero-order valence-electron chi connectivity index (χ0n) is 7.90. The Hall–Kier alpha value is -1.04. The van der Waals surface area contributed by atoms with Crippen molar-refractivity contribution in [2.75, 3.05) is 6.54 Å². The van der Waals surface area contributed by atoms with Crippen molar-refractivity contribution in [3.8, 4) is 11.8 Å². The van der Waals surface area contributed by atoms with Crippen molar-refractivity contribution in [1.82, 2.24) is 0 Å². The minimum Gasteiger partial charge on any atom is -0.330 e. The van der Waals surface area contributed by atoms with Crippen LogP contribution in [0.3, 0.4) is 0 Å². The van der Waals surface area contributed by atoms with Gasteiger partial charge in [0, 0.05) is 18.0 Å². The van der Waals surface area contributed by atoms with Crippen molar-refractivity contribution >= 4 is 11.6 Å². The van der Waals surface area contributed by atoms with Gasteiger partial charge in [-0.25, -0.2) is 4.39 Å². The third-order valence-corrected chi connectivity index (χ3v) is 2.15. The third-order valence-electron chi connectivity index (χ3n) is 1.74. The maximum atomic E-state index is 13.2. The van der Waals surface area contributed by atoms with Gasteiger partial charge >= 0.3 is 0 Å². The lowest BCUT2D eigenvalue weighted by atomic mass is 10.1. The van der Waals surface area contributed by atoms with Crippen LogP contribution in [0.4, 0.5) is 4.39 Å². The van der Waals surface area contributed by atoms with E-state index in [4.69, 9.17) is 17.3 Å². The van der Waals surface area contributed by atoms with Crippen molar-refractivity contribution in [3.63, 3.8) is 0 Å². The van der Waals surface area contributed by atoms with Crippen LogP contribution in [0.15, 0.2) is 12.1 Å². The summed E-state index contributed by atoms with van der Waals surface area (Å²) in [4.78, 5) is 0. The standard InChI is InChI=1S/C11H11ClFN/c1-8-6-9(4-2-3-5-14)11(13)7-10(8)12/h6-7H,3,5,14H2,1H3. The van der Waals surface area contributed by atoms with E-state index >= 15 is 0 Å². The van der Waals surface area contributed by atoms with Gasteiger partial charge in [0.2, 0.25) is 0 Å². The topological polar surface area (TPSA) is 26.0 Å². The molecule has 1 rings (SSSR count). The quantitative estimate of drug-likeness (QED) is 0.710. The molecule has 0 spiro atoms. The van der Waals surface area contributed by atoms with Gasteiger partial charge in [-0.3, -0.25) is 0 Å². The fourth-order valence-corrected chi connectivity index (χ4v) is 1.13. The Balaban J connectivity index is 3.00. The molecule has 0 radical (unpaired) electrons. The summed E-state index contributed by atoms with van der Waals surface area (Å²) < 4.78 is 13.2. The van der Waals surface area contributed by atoms with Crippen molar-refractivity contribution in [2.45, 2.75) is 13.3 Å². The van der Waals surface area contributed by atoms with E-state index in [1.807, 2.05) is 6.92 Å². The summed E-state index contributed by atoms with van der Waals surface area (Å²) in [7, 11) is 0. The number of hydrogen-bond acceptors (Lipinski definition) is 1. The first-order chi connectivity index (χ1) is 6.65. The van der Waals surface area contributed by atoms with E-state index in [9.17, 15) is 4.39 Å². The van der Waals surface area contributed by atoms with E-state index in [1.165, 1.54) is 6.07 Å². The molecule has 0 aliphatic carbocycles. The van der Waals surface area contributed by atoms with Gasteiger partial charge in [-0.05, 0) is 24.6 Å². The second kappa shape index (κ2) is 4.99. The molecular formula is C11H11ClFN. The predicted molar refractivity (Wildman–Crippen MR) is 56.7 cm³/mol. The first kappa shape index (κ1) is 11.0. The molecule has 0 unspecified atom stereocenters. The van der Waals surface area contributed by atoms with Gasteiger partial charge in [-0.15, -0.1) is 0 Å². The highest BCUT2D eigenvalue weighted by molar-refractivity contribution is 6.31. The Morgan fingerprint density at radius 1 is 1.50 bits per heavy atom. The zero-order valence-corrected chi connectivity index (χ0v) is 8.66. The highest BCUT2D eigenvalue weighted by Gasteiger charge is 2.02. The highest BCUT2D eigenvalue weighted by atomic mass is 35.5. The smallest absolute Gasteiger partial charge is 0.140 e. The molecule has 1 nitrogen and oxygen atoms in total. The second-order valence-electron chi connectivity index (χ2n) is 2.92. The molecule has 0 heterocycles. The summed E-state index contributed by atoms with van der Waals surface area (Å²) in [5.74, 6) is 5.11. The van der Waals surface area contributed by atoms with E-state index in [0.717, 1.165) is 5.56 Å². The lowest BCUT2D eigenvalue weighted by Crippen LogP contribution is -1.95. The van der Waals surface area contributed by atoms with Crippen LogP contribution in [-0.4, -0.2) is 6.54 Å². The molecule has 1 aromatic rings. The van der Waals surface area contributed by atoms with Crippen LogP contribution >= 0.6 is 11.6 Å². The molecular weight excluding hydrogens is 201 g/mol. The second-order valence-corrected chi connectivity index (χ2v) is 3.33.